The minimum atomic E-state index is -0.843. The summed E-state index contributed by atoms with van der Waals surface area (Å²) in [6.07, 6.45) is 1.33. The van der Waals surface area contributed by atoms with Crippen molar-refractivity contribution in [2.45, 2.75) is 30.9 Å². The Morgan fingerprint density at radius 3 is 2.65 bits per heavy atom. The van der Waals surface area contributed by atoms with E-state index in [4.69, 9.17) is 10.5 Å². The van der Waals surface area contributed by atoms with Crippen LogP contribution in [0, 0.1) is 0 Å². The molecule has 110 valence electrons. The van der Waals surface area contributed by atoms with E-state index in [1.807, 2.05) is 30.3 Å². The third-order valence-corrected chi connectivity index (χ3v) is 3.67. The molecule has 1 atom stereocenters. The Hall–Kier alpha value is -1.43. The standard InChI is InChI=1S/C15H22N2O3/c16-13(12-4-2-1-3-5-12)10-14(18)17-11-15(19)6-8-20-9-7-15/h1-5,13,19H,6-11,16H2,(H,17,18). The summed E-state index contributed by atoms with van der Waals surface area (Å²) in [7, 11) is 0. The van der Waals surface area contributed by atoms with E-state index in [1.165, 1.54) is 0 Å². The van der Waals surface area contributed by atoms with Crippen molar-refractivity contribution in [3.8, 4) is 0 Å². The summed E-state index contributed by atoms with van der Waals surface area (Å²) < 4.78 is 5.20. The second-order valence-corrected chi connectivity index (χ2v) is 5.33. The predicted molar refractivity (Wildman–Crippen MR) is 76.0 cm³/mol. The molecule has 0 aromatic heterocycles. The largest absolute Gasteiger partial charge is 0.388 e. The summed E-state index contributed by atoms with van der Waals surface area (Å²) >= 11 is 0. The molecule has 1 saturated heterocycles. The van der Waals surface area contributed by atoms with Gasteiger partial charge in [0.05, 0.1) is 5.60 Å². The number of carbonyl (C=O) groups is 1. The van der Waals surface area contributed by atoms with Crippen molar-refractivity contribution in [3.63, 3.8) is 0 Å². The van der Waals surface area contributed by atoms with E-state index in [9.17, 15) is 9.90 Å². The van der Waals surface area contributed by atoms with Crippen LogP contribution in [0.25, 0.3) is 0 Å². The van der Waals surface area contributed by atoms with Crippen LogP contribution < -0.4 is 11.1 Å². The molecule has 1 aromatic rings. The molecule has 0 bridgehead atoms. The van der Waals surface area contributed by atoms with Crippen LogP contribution >= 0.6 is 0 Å². The second kappa shape index (κ2) is 6.83. The number of nitrogens with one attached hydrogen (secondary N) is 1. The fraction of sp³-hybridized carbons (Fsp3) is 0.533. The summed E-state index contributed by atoms with van der Waals surface area (Å²) in [6, 6.07) is 9.21. The Bertz CT molecular complexity index is 430. The SMILES string of the molecule is NC(CC(=O)NCC1(O)CCOCC1)c1ccccc1. The van der Waals surface area contributed by atoms with E-state index >= 15 is 0 Å². The molecule has 1 aliphatic heterocycles. The number of hydrogen-bond donors (Lipinski definition) is 3. The highest BCUT2D eigenvalue weighted by atomic mass is 16.5. The predicted octanol–water partition coefficient (Wildman–Crippen LogP) is 0.734. The van der Waals surface area contributed by atoms with Gasteiger partial charge in [0.1, 0.15) is 0 Å². The van der Waals surface area contributed by atoms with Crippen molar-refractivity contribution < 1.29 is 14.6 Å². The van der Waals surface area contributed by atoms with Crippen molar-refractivity contribution in [2.75, 3.05) is 19.8 Å². The maximum Gasteiger partial charge on any atom is 0.222 e. The van der Waals surface area contributed by atoms with Crippen LogP contribution in [0.3, 0.4) is 0 Å². The van der Waals surface area contributed by atoms with E-state index in [-0.39, 0.29) is 24.9 Å². The van der Waals surface area contributed by atoms with E-state index in [1.54, 1.807) is 0 Å². The van der Waals surface area contributed by atoms with Crippen molar-refractivity contribution in [2.24, 2.45) is 5.73 Å². The molecular weight excluding hydrogens is 256 g/mol. The van der Waals surface area contributed by atoms with Gasteiger partial charge < -0.3 is 20.9 Å². The smallest absolute Gasteiger partial charge is 0.222 e. The number of hydrogen-bond acceptors (Lipinski definition) is 4. The molecule has 1 unspecified atom stereocenters. The molecule has 1 aromatic carbocycles. The third-order valence-electron chi connectivity index (χ3n) is 3.67. The number of aliphatic hydroxyl groups is 1. The van der Waals surface area contributed by atoms with Gasteiger partial charge in [0.25, 0.3) is 0 Å². The Morgan fingerprint density at radius 1 is 1.35 bits per heavy atom. The van der Waals surface area contributed by atoms with Crippen LogP contribution in [0.2, 0.25) is 0 Å². The van der Waals surface area contributed by atoms with Crippen molar-refractivity contribution in [1.82, 2.24) is 5.32 Å². The molecule has 1 heterocycles. The number of carbonyl (C=O) groups excluding carboxylic acids is 1. The Labute approximate surface area is 119 Å². The monoisotopic (exact) mass is 278 g/mol. The summed E-state index contributed by atoms with van der Waals surface area (Å²) in [5.41, 5.74) is 6.09. The fourth-order valence-electron chi connectivity index (χ4n) is 2.28. The van der Waals surface area contributed by atoms with Crippen LogP contribution in [0.15, 0.2) is 30.3 Å². The molecule has 0 radical (unpaired) electrons. The highest BCUT2D eigenvalue weighted by molar-refractivity contribution is 5.76. The molecule has 1 aliphatic rings. The minimum absolute atomic E-state index is 0.138. The molecule has 1 amide bonds. The first-order valence-electron chi connectivity index (χ1n) is 6.96. The average Bonchev–Trinajstić information content (AvgIpc) is 2.47. The van der Waals surface area contributed by atoms with E-state index in [0.29, 0.717) is 26.1 Å². The van der Waals surface area contributed by atoms with Crippen molar-refractivity contribution in [1.29, 1.82) is 0 Å². The Kier molecular flexibility index (Phi) is 5.11. The average molecular weight is 278 g/mol. The molecule has 0 aliphatic carbocycles. The first-order chi connectivity index (χ1) is 9.59. The third kappa shape index (κ3) is 4.30. The van der Waals surface area contributed by atoms with Gasteiger partial charge in [-0.3, -0.25) is 4.79 Å². The number of amides is 1. The molecule has 4 N–H and O–H groups in total. The Balaban J connectivity index is 1.78. The van der Waals surface area contributed by atoms with Gasteiger partial charge in [-0.2, -0.15) is 0 Å². The van der Waals surface area contributed by atoms with Gasteiger partial charge in [0.15, 0.2) is 0 Å². The van der Waals surface area contributed by atoms with Crippen LogP contribution in [0.4, 0.5) is 0 Å². The van der Waals surface area contributed by atoms with Crippen LogP contribution in [0.5, 0.6) is 0 Å². The molecule has 0 saturated carbocycles. The van der Waals surface area contributed by atoms with Crippen molar-refractivity contribution in [3.05, 3.63) is 35.9 Å². The normalized spacial score (nSPS) is 19.3. The summed E-state index contributed by atoms with van der Waals surface area (Å²) in [6.45, 7) is 1.34. The molecule has 5 heteroatoms. The van der Waals surface area contributed by atoms with E-state index in [0.717, 1.165) is 5.56 Å². The fourth-order valence-corrected chi connectivity index (χ4v) is 2.28. The number of benzene rings is 1. The highest BCUT2D eigenvalue weighted by Gasteiger charge is 2.30. The van der Waals surface area contributed by atoms with Gasteiger partial charge in [-0.15, -0.1) is 0 Å². The molecule has 0 spiro atoms. The maximum absolute atomic E-state index is 11.9. The van der Waals surface area contributed by atoms with Crippen molar-refractivity contribution >= 4 is 5.91 Å². The van der Waals surface area contributed by atoms with Gasteiger partial charge in [-0.05, 0) is 5.56 Å². The topological polar surface area (TPSA) is 84.6 Å². The van der Waals surface area contributed by atoms with Crippen LogP contribution in [0.1, 0.15) is 30.9 Å². The first kappa shape index (κ1) is 15.0. The zero-order chi connectivity index (χ0) is 14.4. The number of ether oxygens (including phenoxy) is 1. The van der Waals surface area contributed by atoms with Crippen LogP contribution in [-0.2, 0) is 9.53 Å². The molecular formula is C15H22N2O3. The molecule has 2 rings (SSSR count). The molecule has 20 heavy (non-hydrogen) atoms. The van der Waals surface area contributed by atoms with Gasteiger partial charge in [0.2, 0.25) is 5.91 Å². The lowest BCUT2D eigenvalue weighted by Crippen LogP contribution is -2.47. The molecule has 1 fully saturated rings. The summed E-state index contributed by atoms with van der Waals surface area (Å²) in [5.74, 6) is -0.138. The quantitative estimate of drug-likeness (QED) is 0.741. The lowest BCUT2D eigenvalue weighted by Gasteiger charge is -2.32. The summed E-state index contributed by atoms with van der Waals surface area (Å²) in [5, 5.41) is 13.0. The van der Waals surface area contributed by atoms with Gasteiger partial charge in [-0.1, -0.05) is 30.3 Å². The van der Waals surface area contributed by atoms with Gasteiger partial charge in [-0.25, -0.2) is 0 Å². The second-order valence-electron chi connectivity index (χ2n) is 5.33. The zero-order valence-electron chi connectivity index (χ0n) is 11.5. The lowest BCUT2D eigenvalue weighted by molar-refractivity contribution is -0.124. The van der Waals surface area contributed by atoms with E-state index < -0.39 is 5.60 Å². The zero-order valence-corrected chi connectivity index (χ0v) is 11.5. The summed E-state index contributed by atoms with van der Waals surface area (Å²) in [4.78, 5) is 11.9. The lowest BCUT2D eigenvalue weighted by atomic mass is 9.94. The van der Waals surface area contributed by atoms with E-state index in [2.05, 4.69) is 5.32 Å². The van der Waals surface area contributed by atoms with Gasteiger partial charge in [0, 0.05) is 45.1 Å². The number of nitrogens with two attached hydrogens (primary N) is 1. The maximum atomic E-state index is 11.9. The highest BCUT2D eigenvalue weighted by Crippen LogP contribution is 2.19. The first-order valence-corrected chi connectivity index (χ1v) is 6.96. The Morgan fingerprint density at radius 2 is 2.00 bits per heavy atom. The van der Waals surface area contributed by atoms with Crippen LogP contribution in [-0.4, -0.2) is 36.4 Å². The van der Waals surface area contributed by atoms with Gasteiger partial charge >= 0.3 is 0 Å². The molecule has 5 nitrogen and oxygen atoms in total. The number of rotatable bonds is 5. The minimum Gasteiger partial charge on any atom is -0.388 e.